The minimum atomic E-state index is -0.123. The van der Waals surface area contributed by atoms with Gasteiger partial charge >= 0.3 is 0 Å². The van der Waals surface area contributed by atoms with E-state index in [-0.39, 0.29) is 6.61 Å². The molecule has 2 heterocycles. The second-order valence-corrected chi connectivity index (χ2v) is 2.79. The van der Waals surface area contributed by atoms with Crippen molar-refractivity contribution in [2.45, 2.75) is 6.61 Å². The van der Waals surface area contributed by atoms with Crippen LogP contribution < -0.4 is 0 Å². The van der Waals surface area contributed by atoms with Crippen LogP contribution in [-0.2, 0) is 6.61 Å². The quantitative estimate of drug-likeness (QED) is 0.665. The third-order valence-corrected chi connectivity index (χ3v) is 2.02. The summed E-state index contributed by atoms with van der Waals surface area (Å²) in [5.74, 6) is 0. The Bertz CT molecular complexity index is 373. The molecule has 0 unspecified atom stereocenters. The Morgan fingerprint density at radius 1 is 1.64 bits per heavy atom. The fraction of sp³-hybridized carbons (Fsp3) is 0.167. The molecule has 2 rings (SSSR count). The minimum Gasteiger partial charge on any atom is -0.390 e. The van der Waals surface area contributed by atoms with Crippen LogP contribution in [0.2, 0.25) is 0 Å². The minimum absolute atomic E-state index is 0.123. The Balaban J connectivity index is 2.79. The van der Waals surface area contributed by atoms with Crippen molar-refractivity contribution in [2.75, 3.05) is 0 Å². The number of hydrogen-bond donors (Lipinski definition) is 1. The van der Waals surface area contributed by atoms with E-state index in [1.54, 1.807) is 6.20 Å². The number of nitrogens with zero attached hydrogens (tertiary/aromatic N) is 3. The van der Waals surface area contributed by atoms with Gasteiger partial charge in [0.05, 0.1) is 17.5 Å². The van der Waals surface area contributed by atoms with Gasteiger partial charge in [0.15, 0.2) is 5.51 Å². The van der Waals surface area contributed by atoms with E-state index in [1.807, 2.05) is 0 Å². The first-order valence-electron chi connectivity index (χ1n) is 3.00. The molecule has 0 aliphatic heterocycles. The number of thiazole rings is 1. The molecule has 1 N–H and O–H groups in total. The molecule has 1 radical (unpaired) electrons. The fourth-order valence-electron chi connectivity index (χ4n) is 0.820. The molecule has 0 aliphatic rings. The third kappa shape index (κ3) is 0.979. The Hall–Kier alpha value is -1.07. The summed E-state index contributed by atoms with van der Waals surface area (Å²) in [4.78, 5) is 3.92. The first-order valence-corrected chi connectivity index (χ1v) is 3.81. The van der Waals surface area contributed by atoms with Crippen LogP contribution in [0.3, 0.4) is 0 Å². The highest BCUT2D eigenvalue weighted by molar-refractivity contribution is 7.16. The second-order valence-electron chi connectivity index (χ2n) is 1.97. The molecule has 0 atom stereocenters. The smallest absolute Gasteiger partial charge is 0.153 e. The third-order valence-electron chi connectivity index (χ3n) is 1.32. The van der Waals surface area contributed by atoms with E-state index in [0.717, 1.165) is 4.70 Å². The van der Waals surface area contributed by atoms with Gasteiger partial charge in [0.2, 0.25) is 0 Å². The molecule has 0 aromatic carbocycles. The number of fused-ring (bicyclic) bond motifs is 1. The summed E-state index contributed by atoms with van der Waals surface area (Å²) in [6.45, 7) is -0.123. The molecule has 0 amide bonds. The molecule has 55 valence electrons. The van der Waals surface area contributed by atoms with Crippen LogP contribution in [0.4, 0.5) is 0 Å². The number of rotatable bonds is 1. The molecule has 0 saturated carbocycles. The molecule has 0 saturated heterocycles. The maximum atomic E-state index is 8.80. The molecule has 0 aliphatic carbocycles. The highest BCUT2D eigenvalue weighted by atomic mass is 32.1. The number of aliphatic hydroxyl groups is 1. The second kappa shape index (κ2) is 2.52. The lowest BCUT2D eigenvalue weighted by molar-refractivity contribution is 0.277. The molecule has 0 bridgehead atoms. The molecule has 11 heavy (non-hydrogen) atoms. The van der Waals surface area contributed by atoms with Gasteiger partial charge in [-0.05, 0) is 0 Å². The van der Waals surface area contributed by atoms with Crippen molar-refractivity contribution < 1.29 is 5.11 Å². The monoisotopic (exact) mass is 166 g/mol. The molecule has 5 heteroatoms. The molecule has 2 aromatic rings. The lowest BCUT2D eigenvalue weighted by Crippen LogP contribution is -1.92. The van der Waals surface area contributed by atoms with Gasteiger partial charge in [-0.25, -0.2) is 4.98 Å². The van der Waals surface area contributed by atoms with Gasteiger partial charge in [0.1, 0.15) is 11.2 Å². The zero-order valence-corrected chi connectivity index (χ0v) is 6.30. The van der Waals surface area contributed by atoms with Crippen molar-refractivity contribution in [3.63, 3.8) is 0 Å². The zero-order valence-electron chi connectivity index (χ0n) is 5.48. The number of aromatic nitrogens is 3. The molecular formula is C6H4N3OS. The van der Waals surface area contributed by atoms with Crippen molar-refractivity contribution >= 4 is 21.6 Å². The van der Waals surface area contributed by atoms with Gasteiger partial charge in [0, 0.05) is 0 Å². The van der Waals surface area contributed by atoms with E-state index in [9.17, 15) is 0 Å². The van der Waals surface area contributed by atoms with E-state index < -0.39 is 0 Å². The largest absolute Gasteiger partial charge is 0.390 e. The standard InChI is InChI=1S/C6H4N3OS/c10-2-4-6-5(1-8-9-4)11-3-7-6/h1,10H,2H2. The van der Waals surface area contributed by atoms with Crippen molar-refractivity contribution in [3.8, 4) is 0 Å². The summed E-state index contributed by atoms with van der Waals surface area (Å²) in [5, 5.41) is 16.2. The van der Waals surface area contributed by atoms with E-state index >= 15 is 0 Å². The highest BCUT2D eigenvalue weighted by Crippen LogP contribution is 2.17. The topological polar surface area (TPSA) is 58.9 Å². The molecule has 2 aromatic heterocycles. The van der Waals surface area contributed by atoms with Gasteiger partial charge in [-0.3, -0.25) is 0 Å². The highest BCUT2D eigenvalue weighted by Gasteiger charge is 2.03. The maximum Gasteiger partial charge on any atom is 0.153 e. The Labute approximate surface area is 66.5 Å². The zero-order chi connectivity index (χ0) is 7.68. The van der Waals surface area contributed by atoms with Crippen molar-refractivity contribution in [1.82, 2.24) is 15.2 Å². The van der Waals surface area contributed by atoms with Crippen LogP contribution in [0, 0.1) is 5.51 Å². The summed E-state index contributed by atoms with van der Waals surface area (Å²) in [6.07, 6.45) is 1.61. The van der Waals surface area contributed by atoms with E-state index in [2.05, 4.69) is 20.7 Å². The van der Waals surface area contributed by atoms with Crippen molar-refractivity contribution in [1.29, 1.82) is 0 Å². The van der Waals surface area contributed by atoms with Gasteiger partial charge in [0.25, 0.3) is 0 Å². The van der Waals surface area contributed by atoms with Gasteiger partial charge in [-0.1, -0.05) is 0 Å². The predicted molar refractivity (Wildman–Crippen MR) is 40.0 cm³/mol. The van der Waals surface area contributed by atoms with Gasteiger partial charge in [-0.15, -0.1) is 11.3 Å². The summed E-state index contributed by atoms with van der Waals surface area (Å²) >= 11 is 1.37. The van der Waals surface area contributed by atoms with Crippen LogP contribution >= 0.6 is 11.3 Å². The SMILES string of the molecule is OCc1nncc2s[c]nc12. The van der Waals surface area contributed by atoms with Gasteiger partial charge in [-0.2, -0.15) is 10.2 Å². The number of aliphatic hydroxyl groups excluding tert-OH is 1. The lowest BCUT2D eigenvalue weighted by atomic mass is 10.4. The first-order chi connectivity index (χ1) is 5.42. The van der Waals surface area contributed by atoms with Crippen molar-refractivity contribution in [2.24, 2.45) is 0 Å². The fourth-order valence-corrected chi connectivity index (χ4v) is 1.42. The summed E-state index contributed by atoms with van der Waals surface area (Å²) < 4.78 is 0.907. The van der Waals surface area contributed by atoms with Crippen molar-refractivity contribution in [3.05, 3.63) is 17.4 Å². The Morgan fingerprint density at radius 3 is 3.36 bits per heavy atom. The van der Waals surface area contributed by atoms with Crippen LogP contribution in [-0.4, -0.2) is 20.3 Å². The summed E-state index contributed by atoms with van der Waals surface area (Å²) in [6, 6.07) is 0. The van der Waals surface area contributed by atoms with Crippen LogP contribution in [0.15, 0.2) is 6.20 Å². The lowest BCUT2D eigenvalue weighted by Gasteiger charge is -1.92. The molecule has 0 spiro atoms. The first kappa shape index (κ1) is 6.63. The number of hydrogen-bond acceptors (Lipinski definition) is 5. The molecule has 0 fully saturated rings. The summed E-state index contributed by atoms with van der Waals surface area (Å²) in [5.41, 5.74) is 3.93. The average molecular weight is 166 g/mol. The van der Waals surface area contributed by atoms with Crippen LogP contribution in [0.5, 0.6) is 0 Å². The normalized spacial score (nSPS) is 10.6. The van der Waals surface area contributed by atoms with E-state index in [4.69, 9.17) is 5.11 Å². The van der Waals surface area contributed by atoms with Crippen LogP contribution in [0.1, 0.15) is 5.69 Å². The average Bonchev–Trinajstić information content (AvgIpc) is 2.50. The molecular weight excluding hydrogens is 162 g/mol. The predicted octanol–water partition coefficient (Wildman–Crippen LogP) is 0.379. The van der Waals surface area contributed by atoms with E-state index in [0.29, 0.717) is 11.2 Å². The Morgan fingerprint density at radius 2 is 2.55 bits per heavy atom. The van der Waals surface area contributed by atoms with E-state index in [1.165, 1.54) is 11.3 Å². The van der Waals surface area contributed by atoms with Gasteiger partial charge < -0.3 is 5.11 Å². The van der Waals surface area contributed by atoms with Crippen LogP contribution in [0.25, 0.3) is 10.2 Å². The Kier molecular flexibility index (Phi) is 1.52. The maximum absolute atomic E-state index is 8.80. The molecule has 4 nitrogen and oxygen atoms in total. The summed E-state index contributed by atoms with van der Waals surface area (Å²) in [7, 11) is 0.